The molecule has 0 saturated carbocycles. The number of aliphatic hydroxyl groups is 1. The van der Waals surface area contributed by atoms with Crippen LogP contribution in [-0.4, -0.2) is 72.0 Å². The van der Waals surface area contributed by atoms with Crippen LogP contribution in [0, 0.1) is 23.7 Å². The maximum Gasteiger partial charge on any atom is 0.229 e. The van der Waals surface area contributed by atoms with Gasteiger partial charge in [0, 0.05) is 44.6 Å². The fourth-order valence-electron chi connectivity index (χ4n) is 4.01. The van der Waals surface area contributed by atoms with Crippen molar-refractivity contribution in [3.8, 4) is 24.2 Å². The van der Waals surface area contributed by atoms with Crippen molar-refractivity contribution in [2.75, 3.05) is 61.4 Å². The van der Waals surface area contributed by atoms with E-state index < -0.39 is 6.10 Å². The minimum absolute atomic E-state index is 0.199. The van der Waals surface area contributed by atoms with Gasteiger partial charge in [0.1, 0.15) is 30.3 Å². The number of terminal acetylenes is 1. The molecule has 0 aliphatic carbocycles. The van der Waals surface area contributed by atoms with E-state index >= 15 is 0 Å². The van der Waals surface area contributed by atoms with Gasteiger partial charge in [-0.05, 0) is 52.3 Å². The Morgan fingerprint density at radius 2 is 1.89 bits per heavy atom. The number of halogens is 1. The molecule has 3 N–H and O–H groups in total. The Kier molecular flexibility index (Phi) is 9.17. The number of β-amino-alcohol motifs (C(OH)–C–C–N with tert-alkyl or cyclic N) is 1. The van der Waals surface area contributed by atoms with Crippen LogP contribution in [0.1, 0.15) is 5.56 Å². The maximum atomic E-state index is 10.5. The third kappa shape index (κ3) is 7.34. The Balaban J connectivity index is 1.21. The topological polar surface area (TPSA) is 110 Å². The van der Waals surface area contributed by atoms with Crippen molar-refractivity contribution >= 4 is 39.1 Å². The number of benzene rings is 2. The monoisotopic (exact) mass is 561 g/mol. The molecule has 4 rings (SSSR count). The molecule has 1 fully saturated rings. The summed E-state index contributed by atoms with van der Waals surface area (Å²) in [5.74, 6) is 4.22. The van der Waals surface area contributed by atoms with Gasteiger partial charge in [-0.15, -0.1) is 6.42 Å². The molecule has 1 aromatic heterocycles. The SMILES string of the molecule is C#CCNc1nc(Nc2ccc(OCC(O)CN3CCN(c4ccccc4C#N)CC3)cc2)ncc1Br. The van der Waals surface area contributed by atoms with E-state index in [1.807, 2.05) is 48.5 Å². The summed E-state index contributed by atoms with van der Waals surface area (Å²) in [6.07, 6.45) is 6.34. The predicted octanol–water partition coefficient (Wildman–Crippen LogP) is 3.46. The first-order valence-corrected chi connectivity index (χ1v) is 12.7. The summed E-state index contributed by atoms with van der Waals surface area (Å²) in [7, 11) is 0. The lowest BCUT2D eigenvalue weighted by atomic mass is 10.1. The largest absolute Gasteiger partial charge is 0.491 e. The lowest BCUT2D eigenvalue weighted by Crippen LogP contribution is -2.49. The van der Waals surface area contributed by atoms with Crippen molar-refractivity contribution in [2.45, 2.75) is 6.10 Å². The zero-order chi connectivity index (χ0) is 26.0. The van der Waals surface area contributed by atoms with Crippen LogP contribution in [0.2, 0.25) is 0 Å². The summed E-state index contributed by atoms with van der Waals surface area (Å²) in [6, 6.07) is 17.3. The summed E-state index contributed by atoms with van der Waals surface area (Å²) in [5, 5.41) is 26.0. The van der Waals surface area contributed by atoms with Crippen molar-refractivity contribution in [3.63, 3.8) is 0 Å². The molecular weight excluding hydrogens is 534 g/mol. The Labute approximate surface area is 225 Å². The number of anilines is 4. The van der Waals surface area contributed by atoms with E-state index in [2.05, 4.69) is 58.3 Å². The van der Waals surface area contributed by atoms with Gasteiger partial charge in [0.05, 0.1) is 22.3 Å². The van der Waals surface area contributed by atoms with Crippen LogP contribution in [0.15, 0.2) is 59.2 Å². The van der Waals surface area contributed by atoms with Gasteiger partial charge in [0.2, 0.25) is 5.95 Å². The highest BCUT2D eigenvalue weighted by Crippen LogP contribution is 2.24. The fraction of sp³-hybridized carbons (Fsp3) is 0.296. The number of para-hydroxylation sites is 1. The molecule has 1 atom stereocenters. The molecule has 1 aliphatic rings. The van der Waals surface area contributed by atoms with Crippen LogP contribution in [-0.2, 0) is 0 Å². The molecule has 3 aromatic rings. The van der Waals surface area contributed by atoms with Crippen LogP contribution in [0.25, 0.3) is 0 Å². The Hall–Kier alpha value is -3.83. The highest BCUT2D eigenvalue weighted by molar-refractivity contribution is 9.10. The van der Waals surface area contributed by atoms with E-state index in [-0.39, 0.29) is 6.61 Å². The summed E-state index contributed by atoms with van der Waals surface area (Å²) in [4.78, 5) is 13.1. The third-order valence-corrected chi connectivity index (χ3v) is 6.44. The van der Waals surface area contributed by atoms with Gasteiger partial charge in [-0.3, -0.25) is 4.90 Å². The van der Waals surface area contributed by atoms with E-state index in [0.29, 0.717) is 36.2 Å². The molecule has 0 bridgehead atoms. The molecule has 0 spiro atoms. The van der Waals surface area contributed by atoms with Crippen LogP contribution >= 0.6 is 15.9 Å². The summed E-state index contributed by atoms with van der Waals surface area (Å²) in [5.41, 5.74) is 2.46. The van der Waals surface area contributed by atoms with Gasteiger partial charge in [0.25, 0.3) is 0 Å². The number of aliphatic hydroxyl groups excluding tert-OH is 1. The molecule has 1 aliphatic heterocycles. The van der Waals surface area contributed by atoms with Crippen molar-refractivity contribution in [2.24, 2.45) is 0 Å². The molecular formula is C27H28BrN7O2. The molecule has 10 heteroatoms. The van der Waals surface area contributed by atoms with Gasteiger partial charge in [-0.1, -0.05) is 18.1 Å². The number of nitrogens with zero attached hydrogens (tertiary/aromatic N) is 5. The number of hydrogen-bond donors (Lipinski definition) is 3. The van der Waals surface area contributed by atoms with E-state index in [9.17, 15) is 10.4 Å². The predicted molar refractivity (Wildman–Crippen MR) is 148 cm³/mol. The maximum absolute atomic E-state index is 10.5. The van der Waals surface area contributed by atoms with E-state index in [4.69, 9.17) is 11.2 Å². The number of rotatable bonds is 10. The number of ether oxygens (including phenoxy) is 1. The first-order valence-electron chi connectivity index (χ1n) is 11.9. The number of hydrogen-bond acceptors (Lipinski definition) is 9. The standard InChI is InChI=1S/C27H28BrN7O2/c1-2-11-30-26-24(28)17-31-27(33-26)32-21-7-9-23(10-8-21)37-19-22(36)18-34-12-14-35(15-13-34)25-6-4-3-5-20(25)16-29/h1,3-10,17,22,36H,11-15,18-19H2,(H2,30,31,32,33). The minimum Gasteiger partial charge on any atom is -0.491 e. The van der Waals surface area contributed by atoms with Gasteiger partial charge in [-0.2, -0.15) is 10.2 Å². The average Bonchev–Trinajstić information content (AvgIpc) is 2.93. The first-order chi connectivity index (χ1) is 18.1. The zero-order valence-corrected chi connectivity index (χ0v) is 21.9. The molecule has 9 nitrogen and oxygen atoms in total. The number of aromatic nitrogens is 2. The van der Waals surface area contributed by atoms with Crippen LogP contribution < -0.4 is 20.3 Å². The van der Waals surface area contributed by atoms with Crippen LogP contribution in [0.3, 0.4) is 0 Å². The van der Waals surface area contributed by atoms with Crippen molar-refractivity contribution in [3.05, 3.63) is 64.8 Å². The van der Waals surface area contributed by atoms with Gasteiger partial charge in [0.15, 0.2) is 0 Å². The van der Waals surface area contributed by atoms with E-state index in [0.717, 1.165) is 42.0 Å². The second-order valence-electron chi connectivity index (χ2n) is 8.48. The lowest BCUT2D eigenvalue weighted by Gasteiger charge is -2.37. The van der Waals surface area contributed by atoms with E-state index in [1.54, 1.807) is 6.20 Å². The minimum atomic E-state index is -0.610. The molecule has 1 saturated heterocycles. The average molecular weight is 562 g/mol. The van der Waals surface area contributed by atoms with Crippen molar-refractivity contribution in [1.29, 1.82) is 5.26 Å². The smallest absolute Gasteiger partial charge is 0.229 e. The third-order valence-electron chi connectivity index (χ3n) is 5.86. The normalized spacial score (nSPS) is 14.3. The molecule has 2 heterocycles. The van der Waals surface area contributed by atoms with Crippen molar-refractivity contribution in [1.82, 2.24) is 14.9 Å². The molecule has 1 unspecified atom stereocenters. The second-order valence-corrected chi connectivity index (χ2v) is 9.33. The fourth-order valence-corrected chi connectivity index (χ4v) is 4.34. The summed E-state index contributed by atoms with van der Waals surface area (Å²) in [6.45, 7) is 4.34. The second kappa shape index (κ2) is 12.9. The quantitative estimate of drug-likeness (QED) is 0.320. The number of nitriles is 1. The van der Waals surface area contributed by atoms with E-state index in [1.165, 1.54) is 0 Å². The number of piperazine rings is 1. The molecule has 2 aromatic carbocycles. The summed E-state index contributed by atoms with van der Waals surface area (Å²) >= 11 is 3.40. The zero-order valence-electron chi connectivity index (χ0n) is 20.3. The van der Waals surface area contributed by atoms with Crippen LogP contribution in [0.5, 0.6) is 5.75 Å². The van der Waals surface area contributed by atoms with Crippen LogP contribution in [0.4, 0.5) is 23.1 Å². The van der Waals surface area contributed by atoms with Gasteiger partial charge < -0.3 is 25.4 Å². The summed E-state index contributed by atoms with van der Waals surface area (Å²) < 4.78 is 6.52. The molecule has 37 heavy (non-hydrogen) atoms. The molecule has 0 amide bonds. The lowest BCUT2D eigenvalue weighted by molar-refractivity contribution is 0.0663. The highest BCUT2D eigenvalue weighted by Gasteiger charge is 2.21. The van der Waals surface area contributed by atoms with Crippen molar-refractivity contribution < 1.29 is 9.84 Å². The Bertz CT molecular complexity index is 1260. The number of nitrogens with one attached hydrogen (secondary N) is 2. The van der Waals surface area contributed by atoms with Gasteiger partial charge in [-0.25, -0.2) is 4.98 Å². The highest BCUT2D eigenvalue weighted by atomic mass is 79.9. The Morgan fingerprint density at radius 1 is 1.14 bits per heavy atom. The van der Waals surface area contributed by atoms with Gasteiger partial charge >= 0.3 is 0 Å². The first kappa shape index (κ1) is 26.2. The Morgan fingerprint density at radius 3 is 2.62 bits per heavy atom. The molecule has 190 valence electrons. The molecule has 0 radical (unpaired) electrons.